The molecule has 2 atom stereocenters. The van der Waals surface area contributed by atoms with Gasteiger partial charge >= 0.3 is 0 Å². The van der Waals surface area contributed by atoms with Crippen molar-refractivity contribution in [1.82, 2.24) is 15.0 Å². The Morgan fingerprint density at radius 2 is 1.94 bits per heavy atom. The molecule has 0 spiro atoms. The Balaban J connectivity index is 2.16. The lowest BCUT2D eigenvalue weighted by Gasteiger charge is -2.39. The highest BCUT2D eigenvalue weighted by Crippen LogP contribution is 2.26. The summed E-state index contributed by atoms with van der Waals surface area (Å²) in [7, 11) is 0. The molecule has 0 aliphatic carbocycles. The van der Waals surface area contributed by atoms with Gasteiger partial charge in [-0.25, -0.2) is 9.99 Å². The summed E-state index contributed by atoms with van der Waals surface area (Å²) in [5, 5.41) is 2.88. The Labute approximate surface area is 111 Å². The third-order valence-electron chi connectivity index (χ3n) is 3.14. The molecule has 0 saturated carbocycles. The van der Waals surface area contributed by atoms with Crippen molar-refractivity contribution in [1.29, 1.82) is 0 Å². The maximum atomic E-state index is 6.04. The lowest BCUT2D eigenvalue weighted by atomic mass is 10.00. The first-order valence-corrected chi connectivity index (χ1v) is 6.56. The van der Waals surface area contributed by atoms with Crippen molar-refractivity contribution in [2.45, 2.75) is 45.2 Å². The van der Waals surface area contributed by atoms with Crippen molar-refractivity contribution in [2.75, 3.05) is 5.43 Å². The van der Waals surface area contributed by atoms with Gasteiger partial charge in [0.05, 0.1) is 6.20 Å². The largest absolute Gasteiger partial charge is 0.301 e. The van der Waals surface area contributed by atoms with E-state index in [2.05, 4.69) is 34.3 Å². The summed E-state index contributed by atoms with van der Waals surface area (Å²) < 4.78 is 0. The topological polar surface area (TPSA) is 41.0 Å². The summed E-state index contributed by atoms with van der Waals surface area (Å²) in [5.41, 5.74) is 3.26. The number of halogens is 2. The number of nitrogens with one attached hydrogen (secondary N) is 1. The average molecular weight is 275 g/mol. The molecule has 4 nitrogen and oxygen atoms in total. The molecule has 94 valence electrons. The molecular weight excluding hydrogens is 259 g/mol. The maximum Gasteiger partial charge on any atom is 0.224 e. The molecule has 2 unspecified atom stereocenters. The zero-order valence-electron chi connectivity index (χ0n) is 9.95. The first kappa shape index (κ1) is 12.9. The number of rotatable bonds is 2. The van der Waals surface area contributed by atoms with Crippen LogP contribution in [0.25, 0.3) is 0 Å². The first-order valence-electron chi connectivity index (χ1n) is 5.81. The van der Waals surface area contributed by atoms with E-state index in [9.17, 15) is 0 Å². The summed E-state index contributed by atoms with van der Waals surface area (Å²) in [5.74, 6) is 0.576. The standard InChI is InChI=1S/C11H16Cl2N4/c1-7-4-3-5-8(2)17(7)16-10-9(12)6-14-11(13)15-10/h6-8H,3-5H2,1-2H3,(H,14,15,16). The highest BCUT2D eigenvalue weighted by atomic mass is 35.5. The van der Waals surface area contributed by atoms with Crippen molar-refractivity contribution in [2.24, 2.45) is 0 Å². The number of aromatic nitrogens is 2. The second-order valence-electron chi connectivity index (χ2n) is 4.48. The Morgan fingerprint density at radius 1 is 1.29 bits per heavy atom. The van der Waals surface area contributed by atoms with Crippen molar-refractivity contribution in [3.63, 3.8) is 0 Å². The monoisotopic (exact) mass is 274 g/mol. The number of anilines is 1. The molecule has 1 aliphatic rings. The molecule has 6 heteroatoms. The maximum absolute atomic E-state index is 6.04. The normalized spacial score (nSPS) is 25.9. The van der Waals surface area contributed by atoms with Gasteiger partial charge < -0.3 is 5.43 Å². The lowest BCUT2D eigenvalue weighted by Crippen LogP contribution is -2.47. The van der Waals surface area contributed by atoms with Gasteiger partial charge in [0.25, 0.3) is 0 Å². The van der Waals surface area contributed by atoms with Crippen LogP contribution in [0.15, 0.2) is 6.20 Å². The van der Waals surface area contributed by atoms with Gasteiger partial charge in [0.1, 0.15) is 5.02 Å². The Kier molecular flexibility index (Phi) is 4.07. The molecule has 0 bridgehead atoms. The van der Waals surface area contributed by atoms with Crippen LogP contribution in [-0.2, 0) is 0 Å². The minimum atomic E-state index is 0.203. The van der Waals surface area contributed by atoms with Crippen LogP contribution in [0, 0.1) is 0 Å². The number of hydrogen-bond donors (Lipinski definition) is 1. The van der Waals surface area contributed by atoms with Gasteiger partial charge in [-0.15, -0.1) is 0 Å². The number of hydrazine groups is 1. The molecule has 1 aromatic heterocycles. The number of piperidine rings is 1. The summed E-state index contributed by atoms with van der Waals surface area (Å²) in [6, 6.07) is 0.923. The molecule has 1 fully saturated rings. The van der Waals surface area contributed by atoms with Gasteiger partial charge in [0.15, 0.2) is 5.82 Å². The molecule has 1 saturated heterocycles. The molecule has 0 aromatic carbocycles. The molecule has 2 heterocycles. The summed E-state index contributed by atoms with van der Waals surface area (Å²) in [6.07, 6.45) is 5.12. The van der Waals surface area contributed by atoms with Crippen molar-refractivity contribution in [3.05, 3.63) is 16.5 Å². The van der Waals surface area contributed by atoms with Gasteiger partial charge in [-0.1, -0.05) is 18.0 Å². The van der Waals surface area contributed by atoms with E-state index in [-0.39, 0.29) is 5.28 Å². The van der Waals surface area contributed by atoms with Gasteiger partial charge in [-0.2, -0.15) is 4.98 Å². The smallest absolute Gasteiger partial charge is 0.224 e. The van der Waals surface area contributed by atoms with Crippen LogP contribution in [0.1, 0.15) is 33.1 Å². The van der Waals surface area contributed by atoms with Gasteiger partial charge in [0.2, 0.25) is 5.28 Å². The van der Waals surface area contributed by atoms with Crippen molar-refractivity contribution < 1.29 is 0 Å². The van der Waals surface area contributed by atoms with Gasteiger partial charge in [-0.05, 0) is 38.3 Å². The second-order valence-corrected chi connectivity index (χ2v) is 5.23. The van der Waals surface area contributed by atoms with E-state index in [1.165, 1.54) is 25.5 Å². The predicted molar refractivity (Wildman–Crippen MR) is 70.3 cm³/mol. The third-order valence-corrected chi connectivity index (χ3v) is 3.60. The zero-order chi connectivity index (χ0) is 12.4. The zero-order valence-corrected chi connectivity index (χ0v) is 11.5. The summed E-state index contributed by atoms with van der Waals surface area (Å²) in [6.45, 7) is 4.39. The van der Waals surface area contributed by atoms with Crippen LogP contribution >= 0.6 is 23.2 Å². The lowest BCUT2D eigenvalue weighted by molar-refractivity contribution is 0.135. The van der Waals surface area contributed by atoms with Crippen LogP contribution in [-0.4, -0.2) is 27.1 Å². The van der Waals surface area contributed by atoms with E-state index in [0.29, 0.717) is 22.9 Å². The van der Waals surface area contributed by atoms with Crippen molar-refractivity contribution in [3.8, 4) is 0 Å². The molecule has 1 N–H and O–H groups in total. The second kappa shape index (κ2) is 5.38. The molecule has 1 aromatic rings. The van der Waals surface area contributed by atoms with E-state index in [1.807, 2.05) is 0 Å². The Hall–Kier alpha value is -0.580. The molecule has 1 aliphatic heterocycles. The SMILES string of the molecule is CC1CCCC(C)N1Nc1nc(Cl)ncc1Cl. The fraction of sp³-hybridized carbons (Fsp3) is 0.636. The van der Waals surface area contributed by atoms with Crippen LogP contribution in [0.4, 0.5) is 5.82 Å². The van der Waals surface area contributed by atoms with E-state index in [0.717, 1.165) is 0 Å². The van der Waals surface area contributed by atoms with Gasteiger partial charge in [0, 0.05) is 12.1 Å². The van der Waals surface area contributed by atoms with Crippen LogP contribution in [0.5, 0.6) is 0 Å². The number of nitrogens with zero attached hydrogens (tertiary/aromatic N) is 3. The molecule has 0 radical (unpaired) electrons. The molecule has 17 heavy (non-hydrogen) atoms. The van der Waals surface area contributed by atoms with Crippen LogP contribution in [0.3, 0.4) is 0 Å². The van der Waals surface area contributed by atoms with Crippen LogP contribution < -0.4 is 5.43 Å². The quantitative estimate of drug-likeness (QED) is 0.840. The highest BCUT2D eigenvalue weighted by molar-refractivity contribution is 6.33. The fourth-order valence-corrected chi connectivity index (χ4v) is 2.45. The Morgan fingerprint density at radius 3 is 2.59 bits per heavy atom. The van der Waals surface area contributed by atoms with Gasteiger partial charge in [-0.3, -0.25) is 0 Å². The fourth-order valence-electron chi connectivity index (χ4n) is 2.19. The predicted octanol–water partition coefficient (Wildman–Crippen LogP) is 3.37. The van der Waals surface area contributed by atoms with E-state index < -0.39 is 0 Å². The van der Waals surface area contributed by atoms with E-state index in [1.54, 1.807) is 0 Å². The molecule has 2 rings (SSSR count). The van der Waals surface area contributed by atoms with E-state index >= 15 is 0 Å². The number of hydrogen-bond acceptors (Lipinski definition) is 4. The van der Waals surface area contributed by atoms with Crippen LogP contribution in [0.2, 0.25) is 10.3 Å². The summed E-state index contributed by atoms with van der Waals surface area (Å²) >= 11 is 11.8. The first-order chi connectivity index (χ1) is 8.08. The highest BCUT2D eigenvalue weighted by Gasteiger charge is 2.25. The van der Waals surface area contributed by atoms with Crippen molar-refractivity contribution >= 4 is 29.0 Å². The molecule has 0 amide bonds. The molecular formula is C11H16Cl2N4. The average Bonchev–Trinajstić information content (AvgIpc) is 2.28. The van der Waals surface area contributed by atoms with E-state index in [4.69, 9.17) is 23.2 Å². The minimum absolute atomic E-state index is 0.203. The minimum Gasteiger partial charge on any atom is -0.301 e. The summed E-state index contributed by atoms with van der Waals surface area (Å²) in [4.78, 5) is 7.94. The Bertz CT molecular complexity index is 389. The third kappa shape index (κ3) is 3.00.